The van der Waals surface area contributed by atoms with E-state index in [1.165, 1.54) is 42.7 Å². The average molecular weight is 1250 g/mol. The topological polar surface area (TPSA) is 197 Å². The Morgan fingerprint density at radius 3 is 1.16 bits per heavy atom. The normalized spacial score (nSPS) is 23.5. The average Bonchev–Trinajstić information content (AvgIpc) is 1.69. The molecule has 488 valence electrons. The van der Waals surface area contributed by atoms with Crippen LogP contribution in [0.2, 0.25) is 0 Å². The van der Waals surface area contributed by atoms with E-state index in [0.29, 0.717) is 0 Å². The van der Waals surface area contributed by atoms with Crippen molar-refractivity contribution in [3.05, 3.63) is 241 Å². The van der Waals surface area contributed by atoms with Crippen LogP contribution in [0.25, 0.3) is 0 Å². The Hall–Kier alpha value is -6.86. The number of benzene rings is 6. The summed E-state index contributed by atoms with van der Waals surface area (Å²) in [5.74, 6) is -3.06. The van der Waals surface area contributed by atoms with Crippen LogP contribution in [-0.2, 0) is 120 Å². The molecule has 0 saturated carbocycles. The number of carbonyl (C=O) groups is 2. The molecule has 19 heteroatoms. The molecule has 0 aromatic heterocycles. The summed E-state index contributed by atoms with van der Waals surface area (Å²) in [5.41, 5.74) is 5.12. The SMILES string of the molecule is C=C[C@@H](OC)[C@H](OC)[C@@H](OC)C(=O)NC[C@H]1O[C@@](COCc2ccccc2)(O[C@H]2O[C@H](CNC(=O)[C@H](OC)[C@@H](OC)[C@@H](C=C)OC)[C@@H](OCc3ccccc3)[C@H](OCc3ccccc3)[C@H]2OCc2ccccc2)[C@@H](OCc2ccccc2)[C@@H]1OCc1ccccc1. The van der Waals surface area contributed by atoms with Crippen molar-refractivity contribution in [3.8, 4) is 0 Å². The van der Waals surface area contributed by atoms with Gasteiger partial charge in [-0.05, 0) is 33.4 Å². The molecule has 0 unspecified atom stereocenters. The van der Waals surface area contributed by atoms with Gasteiger partial charge in [0.15, 0.2) is 18.5 Å². The summed E-state index contributed by atoms with van der Waals surface area (Å²) in [6.45, 7) is 7.69. The third-order valence-electron chi connectivity index (χ3n) is 16.0. The molecule has 2 amide bonds. The van der Waals surface area contributed by atoms with Gasteiger partial charge in [-0.15, -0.1) is 13.2 Å². The van der Waals surface area contributed by atoms with Crippen molar-refractivity contribution in [1.29, 1.82) is 0 Å². The molecule has 2 fully saturated rings. The van der Waals surface area contributed by atoms with Gasteiger partial charge in [-0.1, -0.05) is 194 Å². The number of hydrogen-bond acceptors (Lipinski definition) is 17. The first-order chi connectivity index (χ1) is 44.6. The van der Waals surface area contributed by atoms with Crippen molar-refractivity contribution in [1.82, 2.24) is 10.6 Å². The first kappa shape index (κ1) is 70.0. The minimum Gasteiger partial charge on any atom is -0.375 e. The zero-order valence-corrected chi connectivity index (χ0v) is 52.8. The molecule has 0 aliphatic carbocycles. The number of rotatable bonds is 39. The van der Waals surface area contributed by atoms with Crippen molar-refractivity contribution in [2.75, 3.05) is 62.4 Å². The van der Waals surface area contributed by atoms with Gasteiger partial charge in [-0.3, -0.25) is 9.59 Å². The largest absolute Gasteiger partial charge is 0.375 e. The predicted octanol–water partition coefficient (Wildman–Crippen LogP) is 8.66. The van der Waals surface area contributed by atoms with Gasteiger partial charge in [0.1, 0.15) is 73.8 Å². The Balaban J connectivity index is 1.28. The number of carbonyl (C=O) groups excluding carboxylic acids is 2. The van der Waals surface area contributed by atoms with Crippen molar-refractivity contribution >= 4 is 11.8 Å². The molecule has 0 spiro atoms. The van der Waals surface area contributed by atoms with Gasteiger partial charge < -0.3 is 81.7 Å². The van der Waals surface area contributed by atoms with Crippen molar-refractivity contribution < 1.29 is 80.6 Å². The van der Waals surface area contributed by atoms with Gasteiger partial charge in [0.2, 0.25) is 5.79 Å². The summed E-state index contributed by atoms with van der Waals surface area (Å²) in [7, 11) is 8.76. The maximum absolute atomic E-state index is 14.6. The second-order valence-corrected chi connectivity index (χ2v) is 21.9. The van der Waals surface area contributed by atoms with Crippen LogP contribution in [0.1, 0.15) is 33.4 Å². The minimum absolute atomic E-state index is 0.0510. The molecule has 6 aromatic carbocycles. The Labute approximate surface area is 535 Å². The van der Waals surface area contributed by atoms with E-state index in [0.717, 1.165) is 33.4 Å². The predicted molar refractivity (Wildman–Crippen MR) is 340 cm³/mol. The van der Waals surface area contributed by atoms with Gasteiger partial charge in [-0.25, -0.2) is 0 Å². The Bertz CT molecular complexity index is 3030. The van der Waals surface area contributed by atoms with E-state index in [-0.39, 0.29) is 59.3 Å². The number of ether oxygens (including phenoxy) is 15. The second-order valence-electron chi connectivity index (χ2n) is 21.9. The number of amides is 2. The summed E-state index contributed by atoms with van der Waals surface area (Å²) in [6.07, 6.45) is -11.3. The molecule has 2 saturated heterocycles. The lowest BCUT2D eigenvalue weighted by molar-refractivity contribution is -0.395. The molecule has 0 bridgehead atoms. The monoisotopic (exact) mass is 1250 g/mol. The number of methoxy groups -OCH3 is 6. The van der Waals surface area contributed by atoms with Crippen molar-refractivity contribution in [2.24, 2.45) is 0 Å². The zero-order chi connectivity index (χ0) is 64.2. The molecular formula is C72H88N2O17. The molecule has 2 aliphatic heterocycles. The van der Waals surface area contributed by atoms with E-state index in [1.807, 2.05) is 182 Å². The fourth-order valence-electron chi connectivity index (χ4n) is 11.2. The molecule has 8 rings (SSSR count). The molecule has 0 radical (unpaired) electrons. The van der Waals surface area contributed by atoms with Crippen molar-refractivity contribution in [2.45, 2.75) is 131 Å². The molecule has 15 atom stereocenters. The summed E-state index contributed by atoms with van der Waals surface area (Å²) < 4.78 is 99.5. The van der Waals surface area contributed by atoms with Gasteiger partial charge in [0.05, 0.1) is 39.6 Å². The molecule has 6 aromatic rings. The highest BCUT2D eigenvalue weighted by Crippen LogP contribution is 2.42. The maximum atomic E-state index is 14.6. The van der Waals surface area contributed by atoms with Crippen molar-refractivity contribution in [3.63, 3.8) is 0 Å². The van der Waals surface area contributed by atoms with E-state index >= 15 is 0 Å². The van der Waals surface area contributed by atoms with Crippen LogP contribution in [0.15, 0.2) is 207 Å². The fraction of sp³-hybridized carbons (Fsp3) is 0.417. The van der Waals surface area contributed by atoms with Gasteiger partial charge in [0, 0.05) is 55.7 Å². The summed E-state index contributed by atoms with van der Waals surface area (Å²) in [5, 5.41) is 6.17. The van der Waals surface area contributed by atoms with E-state index in [2.05, 4.69) is 23.8 Å². The Morgan fingerprint density at radius 1 is 0.440 bits per heavy atom. The van der Waals surface area contributed by atoms with E-state index in [4.69, 9.17) is 71.1 Å². The lowest BCUT2D eigenvalue weighted by Gasteiger charge is -2.48. The van der Waals surface area contributed by atoms with Crippen LogP contribution in [0.5, 0.6) is 0 Å². The van der Waals surface area contributed by atoms with Crippen LogP contribution < -0.4 is 10.6 Å². The summed E-state index contributed by atoms with van der Waals surface area (Å²) in [6, 6.07) is 58.2. The molecule has 91 heavy (non-hydrogen) atoms. The van der Waals surface area contributed by atoms with E-state index < -0.39 is 103 Å². The summed E-state index contributed by atoms with van der Waals surface area (Å²) >= 11 is 0. The standard InChI is InChI=1S/C72H88N2O17/c1-9-56(77-3)60(79-5)65(81-7)69(75)73-41-58-62(84-44-51-31-19-12-20-32-51)64(86-46-53-35-23-14-24-36-53)67(87-47-54-37-25-15-26-38-54)71(89-58)91-72(49-83-43-50-29-17-11-18-30-50)68(88-48-55-39-27-16-28-40-55)63(85-45-52-33-21-13-22-34-52)59(90-72)42-74-70(76)66(82-8)61(80-6)57(10-2)78-4/h9-40,56-68,71H,1-2,41-49H2,3-8H3,(H,73,75)(H,74,76)/t56-,57-,58-,59-,60+,61+,62-,63-,64+,65-,66-,67-,68+,71-,72+/m1/s1. The van der Waals surface area contributed by atoms with Gasteiger partial charge in [-0.2, -0.15) is 0 Å². The van der Waals surface area contributed by atoms with Crippen LogP contribution >= 0.6 is 0 Å². The highest BCUT2D eigenvalue weighted by atomic mass is 16.8. The Kier molecular flexibility index (Phi) is 28.5. The first-order valence-corrected chi connectivity index (χ1v) is 30.5. The maximum Gasteiger partial charge on any atom is 0.252 e. The van der Waals surface area contributed by atoms with Gasteiger partial charge in [0.25, 0.3) is 11.8 Å². The van der Waals surface area contributed by atoms with E-state index in [9.17, 15) is 9.59 Å². The molecule has 2 heterocycles. The van der Waals surface area contributed by atoms with Crippen LogP contribution in [0.4, 0.5) is 0 Å². The number of nitrogens with one attached hydrogen (secondary N) is 2. The van der Waals surface area contributed by atoms with E-state index in [1.54, 1.807) is 12.2 Å². The smallest absolute Gasteiger partial charge is 0.252 e. The molecular weight excluding hydrogens is 1160 g/mol. The highest BCUT2D eigenvalue weighted by molar-refractivity contribution is 5.82. The fourth-order valence-corrected chi connectivity index (χ4v) is 11.2. The quantitative estimate of drug-likeness (QED) is 0.0348. The van der Waals surface area contributed by atoms with Crippen LogP contribution in [0.3, 0.4) is 0 Å². The third-order valence-corrected chi connectivity index (χ3v) is 16.0. The van der Waals surface area contributed by atoms with Crippen LogP contribution in [0, 0.1) is 0 Å². The lowest BCUT2D eigenvalue weighted by atomic mass is 9.96. The first-order valence-electron chi connectivity index (χ1n) is 30.5. The third kappa shape index (κ3) is 19.6. The highest BCUT2D eigenvalue weighted by Gasteiger charge is 2.62. The second kappa shape index (κ2) is 37.0. The zero-order valence-electron chi connectivity index (χ0n) is 52.8. The van der Waals surface area contributed by atoms with Crippen LogP contribution in [-0.4, -0.2) is 166 Å². The lowest BCUT2D eigenvalue weighted by Crippen LogP contribution is -2.66. The summed E-state index contributed by atoms with van der Waals surface area (Å²) in [4.78, 5) is 29.2. The number of hydrogen-bond donors (Lipinski definition) is 2. The molecule has 2 aliphatic rings. The minimum atomic E-state index is -1.98. The molecule has 2 N–H and O–H groups in total. The van der Waals surface area contributed by atoms with Gasteiger partial charge >= 0.3 is 0 Å². The molecule has 19 nitrogen and oxygen atoms in total. The Morgan fingerprint density at radius 2 is 0.791 bits per heavy atom.